The molecule has 8 nitrogen and oxygen atoms in total. The molecule has 0 spiro atoms. The Kier molecular flexibility index (Phi) is 6.59. The molecule has 1 aliphatic rings. The molecule has 1 aliphatic heterocycles. The zero-order valence-electron chi connectivity index (χ0n) is 17.7. The van der Waals surface area contributed by atoms with Crippen molar-refractivity contribution in [3.63, 3.8) is 0 Å². The highest BCUT2D eigenvalue weighted by Crippen LogP contribution is 2.22. The van der Waals surface area contributed by atoms with Crippen molar-refractivity contribution in [1.29, 1.82) is 0 Å². The van der Waals surface area contributed by atoms with Gasteiger partial charge in [0.25, 0.3) is 5.91 Å². The van der Waals surface area contributed by atoms with Crippen molar-refractivity contribution in [2.45, 2.75) is 11.5 Å². The van der Waals surface area contributed by atoms with Crippen LogP contribution in [0.15, 0.2) is 71.8 Å². The Balaban J connectivity index is 1.40. The van der Waals surface area contributed by atoms with Gasteiger partial charge >= 0.3 is 0 Å². The summed E-state index contributed by atoms with van der Waals surface area (Å²) in [4.78, 5) is 12.8. The monoisotopic (exact) mass is 455 g/mol. The van der Waals surface area contributed by atoms with Crippen molar-refractivity contribution >= 4 is 21.6 Å². The van der Waals surface area contributed by atoms with Crippen LogP contribution in [0.4, 0.5) is 5.69 Å². The van der Waals surface area contributed by atoms with E-state index in [1.54, 1.807) is 31.3 Å². The Labute approximate surface area is 187 Å². The summed E-state index contributed by atoms with van der Waals surface area (Å²) in [7, 11) is -2.02. The molecule has 0 saturated carbocycles. The van der Waals surface area contributed by atoms with Crippen molar-refractivity contribution < 1.29 is 22.7 Å². The van der Waals surface area contributed by atoms with Crippen LogP contribution in [0.2, 0.25) is 0 Å². The van der Waals surface area contributed by atoms with Gasteiger partial charge in [-0.1, -0.05) is 30.3 Å². The number of morpholine rings is 1. The highest BCUT2D eigenvalue weighted by molar-refractivity contribution is 7.89. The third kappa shape index (κ3) is 5.01. The number of rotatable bonds is 7. The van der Waals surface area contributed by atoms with Crippen LogP contribution in [0, 0.1) is 0 Å². The number of anilines is 1. The number of nitrogens with zero attached hydrogens (tertiary/aromatic N) is 2. The Hall–Kier alpha value is -3.14. The molecule has 3 aromatic rings. The summed E-state index contributed by atoms with van der Waals surface area (Å²) >= 11 is 0. The van der Waals surface area contributed by atoms with E-state index in [2.05, 4.69) is 5.32 Å². The number of carbonyl (C=O) groups is 1. The predicted octanol–water partition coefficient (Wildman–Crippen LogP) is 2.88. The molecule has 1 saturated heterocycles. The number of ether oxygens (including phenoxy) is 2. The van der Waals surface area contributed by atoms with Gasteiger partial charge in [0.05, 0.1) is 13.2 Å². The fourth-order valence-corrected chi connectivity index (χ4v) is 4.89. The highest BCUT2D eigenvalue weighted by atomic mass is 32.2. The predicted molar refractivity (Wildman–Crippen MR) is 120 cm³/mol. The van der Waals surface area contributed by atoms with E-state index >= 15 is 0 Å². The summed E-state index contributed by atoms with van der Waals surface area (Å²) in [6, 6.07) is 18.3. The molecule has 168 valence electrons. The van der Waals surface area contributed by atoms with Gasteiger partial charge in [-0.25, -0.2) is 8.42 Å². The van der Waals surface area contributed by atoms with Gasteiger partial charge in [-0.2, -0.15) is 4.31 Å². The molecule has 0 bridgehead atoms. The molecule has 0 radical (unpaired) electrons. The second-order valence-corrected chi connectivity index (χ2v) is 9.38. The zero-order chi connectivity index (χ0) is 22.6. The van der Waals surface area contributed by atoms with Crippen LogP contribution in [0.1, 0.15) is 16.1 Å². The molecular weight excluding hydrogens is 430 g/mol. The van der Waals surface area contributed by atoms with Gasteiger partial charge < -0.3 is 19.4 Å². The molecule has 1 N–H and O–H groups in total. The number of amides is 1. The van der Waals surface area contributed by atoms with Crippen molar-refractivity contribution in [2.75, 3.05) is 31.6 Å². The Morgan fingerprint density at radius 2 is 1.75 bits per heavy atom. The third-order valence-corrected chi connectivity index (χ3v) is 7.04. The van der Waals surface area contributed by atoms with Gasteiger partial charge in [0.2, 0.25) is 10.0 Å². The Morgan fingerprint density at radius 3 is 2.44 bits per heavy atom. The summed E-state index contributed by atoms with van der Waals surface area (Å²) in [6.07, 6.45) is 1.46. The number of sulfonamides is 1. The van der Waals surface area contributed by atoms with Crippen molar-refractivity contribution in [3.05, 3.63) is 78.1 Å². The molecule has 2 heterocycles. The van der Waals surface area contributed by atoms with E-state index in [1.165, 1.54) is 21.1 Å². The Morgan fingerprint density at radius 1 is 1.06 bits per heavy atom. The number of aromatic nitrogens is 1. The lowest BCUT2D eigenvalue weighted by atomic mass is 10.2. The van der Waals surface area contributed by atoms with Crippen LogP contribution < -0.4 is 10.1 Å². The van der Waals surface area contributed by atoms with E-state index in [4.69, 9.17) is 9.47 Å². The molecule has 0 atom stereocenters. The largest absolute Gasteiger partial charge is 0.489 e. The molecule has 1 amide bonds. The van der Waals surface area contributed by atoms with Crippen molar-refractivity contribution in [3.8, 4) is 5.75 Å². The van der Waals surface area contributed by atoms with Crippen molar-refractivity contribution in [2.24, 2.45) is 7.05 Å². The molecule has 32 heavy (non-hydrogen) atoms. The topological polar surface area (TPSA) is 89.9 Å². The normalized spacial score (nSPS) is 14.8. The van der Waals surface area contributed by atoms with Crippen LogP contribution in [0.25, 0.3) is 0 Å². The fraction of sp³-hybridized carbons (Fsp3) is 0.261. The van der Waals surface area contributed by atoms with Crippen molar-refractivity contribution in [1.82, 2.24) is 8.87 Å². The third-order valence-electron chi connectivity index (χ3n) is 5.18. The lowest BCUT2D eigenvalue weighted by molar-refractivity contribution is 0.0730. The van der Waals surface area contributed by atoms with E-state index in [9.17, 15) is 13.2 Å². The fourth-order valence-electron chi connectivity index (χ4n) is 3.41. The molecule has 2 aromatic carbocycles. The number of carbonyl (C=O) groups excluding carboxylic acids is 1. The smallest absolute Gasteiger partial charge is 0.272 e. The molecule has 1 fully saturated rings. The summed E-state index contributed by atoms with van der Waals surface area (Å²) < 4.78 is 39.6. The number of aryl methyl sites for hydroxylation is 1. The minimum atomic E-state index is -3.67. The number of benzene rings is 2. The zero-order valence-corrected chi connectivity index (χ0v) is 18.5. The summed E-state index contributed by atoms with van der Waals surface area (Å²) in [5, 5.41) is 2.80. The maximum absolute atomic E-state index is 12.8. The second-order valence-electron chi connectivity index (χ2n) is 7.44. The lowest BCUT2D eigenvalue weighted by Gasteiger charge is -2.25. The first-order chi connectivity index (χ1) is 15.4. The minimum absolute atomic E-state index is 0.0942. The number of hydrogen-bond acceptors (Lipinski definition) is 5. The molecule has 4 rings (SSSR count). The first kappa shape index (κ1) is 22.1. The van der Waals surface area contributed by atoms with Gasteiger partial charge in [-0.05, 0) is 35.9 Å². The van der Waals surface area contributed by atoms with Crippen LogP contribution in [-0.4, -0.2) is 49.5 Å². The van der Waals surface area contributed by atoms with Gasteiger partial charge in [0, 0.05) is 32.0 Å². The molecule has 1 aromatic heterocycles. The van der Waals surface area contributed by atoms with Gasteiger partial charge in [-0.15, -0.1) is 0 Å². The van der Waals surface area contributed by atoms with Crippen LogP contribution in [0.3, 0.4) is 0 Å². The SMILES string of the molecule is Cn1cc(S(=O)(=O)N2CCOCC2)cc1C(=O)Nc1ccc(OCc2ccccc2)cc1. The maximum atomic E-state index is 12.8. The van der Waals surface area contributed by atoms with Gasteiger partial charge in [-0.3, -0.25) is 4.79 Å². The van der Waals surface area contributed by atoms with E-state index in [0.717, 1.165) is 5.56 Å². The number of hydrogen-bond donors (Lipinski definition) is 1. The minimum Gasteiger partial charge on any atom is -0.489 e. The van der Waals surface area contributed by atoms with Crippen LogP contribution >= 0.6 is 0 Å². The van der Waals surface area contributed by atoms with Crippen LogP contribution in [-0.2, 0) is 28.4 Å². The van der Waals surface area contributed by atoms with E-state index in [1.807, 2.05) is 30.3 Å². The second kappa shape index (κ2) is 9.56. The standard InChI is InChI=1S/C23H25N3O5S/c1-25-16-21(32(28,29)26-11-13-30-14-12-26)15-22(25)23(27)24-19-7-9-20(10-8-19)31-17-18-5-3-2-4-6-18/h2-10,15-16H,11-14,17H2,1H3,(H,24,27). The average Bonchev–Trinajstić information content (AvgIpc) is 3.22. The lowest BCUT2D eigenvalue weighted by Crippen LogP contribution is -2.40. The first-order valence-corrected chi connectivity index (χ1v) is 11.7. The summed E-state index contributed by atoms with van der Waals surface area (Å²) in [6.45, 7) is 1.79. The first-order valence-electron chi connectivity index (χ1n) is 10.3. The Bertz CT molecular complexity index is 1170. The maximum Gasteiger partial charge on any atom is 0.272 e. The molecule has 0 unspecified atom stereocenters. The van der Waals surface area contributed by atoms with Gasteiger partial charge in [0.15, 0.2) is 0 Å². The number of nitrogens with one attached hydrogen (secondary N) is 1. The van der Waals surface area contributed by atoms with E-state index in [-0.39, 0.29) is 10.6 Å². The molecule has 9 heteroatoms. The quantitative estimate of drug-likeness (QED) is 0.592. The highest BCUT2D eigenvalue weighted by Gasteiger charge is 2.28. The molecule has 0 aliphatic carbocycles. The van der Waals surface area contributed by atoms with E-state index < -0.39 is 15.9 Å². The average molecular weight is 456 g/mol. The summed E-state index contributed by atoms with van der Waals surface area (Å²) in [5.41, 5.74) is 1.90. The van der Waals surface area contributed by atoms with Crippen LogP contribution in [0.5, 0.6) is 5.75 Å². The molecular formula is C23H25N3O5S. The van der Waals surface area contributed by atoms with Gasteiger partial charge in [0.1, 0.15) is 22.9 Å². The van der Waals surface area contributed by atoms with E-state index in [0.29, 0.717) is 44.3 Å². The summed E-state index contributed by atoms with van der Waals surface area (Å²) in [5.74, 6) is 0.290.